The van der Waals surface area contributed by atoms with Crippen molar-refractivity contribution >= 4 is 5.91 Å². The Hall–Kier alpha value is -3.36. The predicted molar refractivity (Wildman–Crippen MR) is 94.3 cm³/mol. The number of phenolic OH excluding ortho intramolecular Hbond substituents is 1. The number of unbranched alkanes of at least 4 members (excludes halogenated alkanes) is 2. The van der Waals surface area contributed by atoms with Gasteiger partial charge in [-0.3, -0.25) is 4.79 Å². The van der Waals surface area contributed by atoms with Gasteiger partial charge < -0.3 is 24.2 Å². The van der Waals surface area contributed by atoms with Crippen LogP contribution in [-0.2, 0) is 6.42 Å². The van der Waals surface area contributed by atoms with Crippen LogP contribution < -0.4 is 10.1 Å². The standard InChI is InChI=1S/C18H20N4O5/c1-25-15-11-12(6-7-14(15)23)17-20-16(27-22-17)5-3-2-4-9-19-18(24)13-8-10-26-21-13/h6-8,10-11,23H,2-5,9H2,1H3,(H,19,24). The Balaban J connectivity index is 1.40. The van der Waals surface area contributed by atoms with Crippen LogP contribution in [0.3, 0.4) is 0 Å². The number of aryl methyl sites for hydroxylation is 1. The van der Waals surface area contributed by atoms with Crippen LogP contribution in [0.4, 0.5) is 0 Å². The molecule has 0 spiro atoms. The van der Waals surface area contributed by atoms with E-state index in [2.05, 4.69) is 25.1 Å². The molecule has 142 valence electrons. The first kappa shape index (κ1) is 18.4. The lowest BCUT2D eigenvalue weighted by molar-refractivity contribution is 0.0944. The average molecular weight is 372 g/mol. The first-order valence-electron chi connectivity index (χ1n) is 8.56. The van der Waals surface area contributed by atoms with Gasteiger partial charge in [0.2, 0.25) is 11.7 Å². The number of benzene rings is 1. The number of rotatable bonds is 9. The van der Waals surface area contributed by atoms with Crippen LogP contribution in [0.15, 0.2) is 39.6 Å². The number of carbonyl (C=O) groups excluding carboxylic acids is 1. The molecule has 0 aliphatic carbocycles. The third-order valence-corrected chi connectivity index (χ3v) is 3.93. The van der Waals surface area contributed by atoms with E-state index in [1.807, 2.05) is 0 Å². The largest absolute Gasteiger partial charge is 0.504 e. The number of nitrogens with one attached hydrogen (secondary N) is 1. The quantitative estimate of drug-likeness (QED) is 0.549. The molecule has 2 N–H and O–H groups in total. The molecule has 0 aliphatic heterocycles. The van der Waals surface area contributed by atoms with Crippen molar-refractivity contribution in [3.8, 4) is 22.9 Å². The van der Waals surface area contributed by atoms with E-state index in [1.165, 1.54) is 25.5 Å². The van der Waals surface area contributed by atoms with Gasteiger partial charge in [0.25, 0.3) is 5.91 Å². The molecule has 0 atom stereocenters. The van der Waals surface area contributed by atoms with E-state index >= 15 is 0 Å². The lowest BCUT2D eigenvalue weighted by atomic mass is 10.2. The van der Waals surface area contributed by atoms with Gasteiger partial charge in [-0.2, -0.15) is 4.98 Å². The molecule has 9 nitrogen and oxygen atoms in total. The number of hydrogen-bond donors (Lipinski definition) is 2. The number of amides is 1. The molecule has 0 fully saturated rings. The number of ether oxygens (including phenoxy) is 1. The first-order valence-corrected chi connectivity index (χ1v) is 8.56. The third kappa shape index (κ3) is 4.84. The molecule has 0 saturated carbocycles. The lowest BCUT2D eigenvalue weighted by Crippen LogP contribution is -2.24. The maximum absolute atomic E-state index is 11.7. The maximum atomic E-state index is 11.7. The number of aromatic nitrogens is 3. The van der Waals surface area contributed by atoms with Crippen LogP contribution >= 0.6 is 0 Å². The van der Waals surface area contributed by atoms with Crippen LogP contribution in [0.25, 0.3) is 11.4 Å². The SMILES string of the molecule is COc1cc(-c2noc(CCCCCNC(=O)c3ccon3)n2)ccc1O. The van der Waals surface area contributed by atoms with Crippen LogP contribution in [0.5, 0.6) is 11.5 Å². The Morgan fingerprint density at radius 1 is 1.22 bits per heavy atom. The second-order valence-electron chi connectivity index (χ2n) is 5.85. The Labute approximate surface area is 155 Å². The van der Waals surface area contributed by atoms with Gasteiger partial charge in [0.1, 0.15) is 6.26 Å². The summed E-state index contributed by atoms with van der Waals surface area (Å²) in [6.45, 7) is 0.564. The van der Waals surface area contributed by atoms with Crippen molar-refractivity contribution in [1.82, 2.24) is 20.6 Å². The molecule has 9 heteroatoms. The van der Waals surface area contributed by atoms with Crippen LogP contribution in [0.1, 0.15) is 35.6 Å². The number of methoxy groups -OCH3 is 1. The monoisotopic (exact) mass is 372 g/mol. The molecule has 1 aromatic carbocycles. The van der Waals surface area contributed by atoms with Crippen LogP contribution in [0.2, 0.25) is 0 Å². The van der Waals surface area contributed by atoms with Crippen molar-refractivity contribution in [1.29, 1.82) is 0 Å². The van der Waals surface area contributed by atoms with Crippen molar-refractivity contribution < 1.29 is 23.7 Å². The summed E-state index contributed by atoms with van der Waals surface area (Å²) in [7, 11) is 1.48. The zero-order chi connectivity index (χ0) is 19.1. The Morgan fingerprint density at radius 3 is 2.89 bits per heavy atom. The van der Waals surface area contributed by atoms with E-state index in [0.717, 1.165) is 19.3 Å². The number of hydrogen-bond acceptors (Lipinski definition) is 8. The van der Waals surface area contributed by atoms with E-state index in [9.17, 15) is 9.90 Å². The first-order chi connectivity index (χ1) is 13.2. The number of carbonyl (C=O) groups is 1. The van der Waals surface area contributed by atoms with Gasteiger partial charge in [0, 0.05) is 24.6 Å². The molecular formula is C18H20N4O5. The fourth-order valence-electron chi connectivity index (χ4n) is 2.49. The molecule has 0 radical (unpaired) electrons. The Kier molecular flexibility index (Phi) is 6.03. The zero-order valence-electron chi connectivity index (χ0n) is 14.8. The highest BCUT2D eigenvalue weighted by Gasteiger charge is 2.11. The highest BCUT2D eigenvalue weighted by Crippen LogP contribution is 2.30. The van der Waals surface area contributed by atoms with E-state index in [4.69, 9.17) is 9.26 Å². The van der Waals surface area contributed by atoms with Crippen molar-refractivity contribution in [3.63, 3.8) is 0 Å². The van der Waals surface area contributed by atoms with E-state index in [-0.39, 0.29) is 17.4 Å². The summed E-state index contributed by atoms with van der Waals surface area (Å²) in [5, 5.41) is 20.0. The average Bonchev–Trinajstić information content (AvgIpc) is 3.37. The van der Waals surface area contributed by atoms with Crippen molar-refractivity contribution in [2.24, 2.45) is 0 Å². The van der Waals surface area contributed by atoms with Gasteiger partial charge in [0.05, 0.1) is 7.11 Å². The minimum absolute atomic E-state index is 0.0561. The second-order valence-corrected chi connectivity index (χ2v) is 5.85. The van der Waals surface area contributed by atoms with E-state index < -0.39 is 0 Å². The maximum Gasteiger partial charge on any atom is 0.273 e. The summed E-state index contributed by atoms with van der Waals surface area (Å²) in [5.41, 5.74) is 0.981. The summed E-state index contributed by atoms with van der Waals surface area (Å²) in [6, 6.07) is 6.40. The smallest absolute Gasteiger partial charge is 0.273 e. The Morgan fingerprint density at radius 2 is 2.11 bits per heavy atom. The van der Waals surface area contributed by atoms with Gasteiger partial charge in [-0.05, 0) is 31.0 Å². The highest BCUT2D eigenvalue weighted by atomic mass is 16.5. The van der Waals surface area contributed by atoms with Gasteiger partial charge in [0.15, 0.2) is 17.2 Å². The normalized spacial score (nSPS) is 10.7. The van der Waals surface area contributed by atoms with Crippen molar-refractivity contribution in [2.75, 3.05) is 13.7 Å². The van der Waals surface area contributed by atoms with Crippen molar-refractivity contribution in [2.45, 2.75) is 25.7 Å². The molecule has 3 rings (SSSR count). The summed E-state index contributed by atoms with van der Waals surface area (Å²) in [5.74, 6) is 1.16. The number of phenols is 1. The summed E-state index contributed by atoms with van der Waals surface area (Å²) >= 11 is 0. The molecule has 0 saturated heterocycles. The minimum Gasteiger partial charge on any atom is -0.504 e. The van der Waals surface area contributed by atoms with Gasteiger partial charge in [-0.25, -0.2) is 0 Å². The molecular weight excluding hydrogens is 352 g/mol. The summed E-state index contributed by atoms with van der Waals surface area (Å²) in [6.07, 6.45) is 4.62. The number of nitrogens with zero attached hydrogens (tertiary/aromatic N) is 3. The molecule has 0 aliphatic rings. The fraction of sp³-hybridized carbons (Fsp3) is 0.333. The van der Waals surface area contributed by atoms with Crippen molar-refractivity contribution in [3.05, 3.63) is 42.1 Å². The van der Waals surface area contributed by atoms with Crippen LogP contribution in [-0.4, -0.2) is 40.0 Å². The summed E-state index contributed by atoms with van der Waals surface area (Å²) < 4.78 is 15.0. The fourth-order valence-corrected chi connectivity index (χ4v) is 2.49. The van der Waals surface area contributed by atoms with Gasteiger partial charge in [-0.15, -0.1) is 0 Å². The van der Waals surface area contributed by atoms with E-state index in [1.54, 1.807) is 12.1 Å². The molecule has 1 amide bonds. The minimum atomic E-state index is -0.241. The Bertz CT molecular complexity index is 876. The van der Waals surface area contributed by atoms with Gasteiger partial charge >= 0.3 is 0 Å². The topological polar surface area (TPSA) is 124 Å². The molecule has 2 aromatic heterocycles. The molecule has 0 bridgehead atoms. The second kappa shape index (κ2) is 8.84. The molecule has 2 heterocycles. The highest BCUT2D eigenvalue weighted by molar-refractivity contribution is 5.91. The molecule has 3 aromatic rings. The summed E-state index contributed by atoms with van der Waals surface area (Å²) in [4.78, 5) is 16.0. The molecule has 27 heavy (non-hydrogen) atoms. The zero-order valence-corrected chi connectivity index (χ0v) is 14.8. The van der Waals surface area contributed by atoms with Crippen LogP contribution in [0, 0.1) is 0 Å². The molecule has 0 unspecified atom stereocenters. The number of aromatic hydroxyl groups is 1. The lowest BCUT2D eigenvalue weighted by Gasteiger charge is -2.03. The van der Waals surface area contributed by atoms with E-state index in [0.29, 0.717) is 36.0 Å². The predicted octanol–water partition coefficient (Wildman–Crippen LogP) is 2.58. The third-order valence-electron chi connectivity index (χ3n) is 3.93. The van der Waals surface area contributed by atoms with Gasteiger partial charge in [-0.1, -0.05) is 16.7 Å².